The molecule has 2 heterocycles. The van der Waals surface area contributed by atoms with Gasteiger partial charge in [0, 0.05) is 5.75 Å². The Hall–Kier alpha value is -1.35. The Morgan fingerprint density at radius 3 is 2.86 bits per heavy atom. The third-order valence-electron chi connectivity index (χ3n) is 3.20. The van der Waals surface area contributed by atoms with Gasteiger partial charge in [-0.1, -0.05) is 5.57 Å². The van der Waals surface area contributed by atoms with E-state index in [0.29, 0.717) is 11.3 Å². The third kappa shape index (κ3) is 3.13. The standard InChI is InChI=1S/C13H18N2O5S/c1-6(2)3-8(16)20-4-7-5-21-12-9(14)11(17)15(12)10(7)13(18)19/h3,8-9,12,16H,4-5,14H2,1-2H3,(H,18,19)/t8?,9-,12-/m1/s1. The number of amides is 1. The molecule has 1 saturated heterocycles. The molecule has 0 saturated carbocycles. The molecule has 1 amide bonds. The molecule has 0 aliphatic carbocycles. The number of fused-ring (bicyclic) bond motifs is 1. The van der Waals surface area contributed by atoms with Crippen LogP contribution in [0.25, 0.3) is 0 Å². The average Bonchev–Trinajstić information content (AvgIpc) is 2.42. The van der Waals surface area contributed by atoms with Gasteiger partial charge in [-0.3, -0.25) is 9.69 Å². The number of nitrogens with zero attached hydrogens (tertiary/aromatic N) is 1. The minimum atomic E-state index is -1.18. The molecular weight excluding hydrogens is 296 g/mol. The molecule has 0 aromatic heterocycles. The summed E-state index contributed by atoms with van der Waals surface area (Å²) >= 11 is 1.40. The summed E-state index contributed by atoms with van der Waals surface area (Å²) < 4.78 is 5.22. The van der Waals surface area contributed by atoms with Gasteiger partial charge in [-0.25, -0.2) is 4.79 Å². The lowest BCUT2D eigenvalue weighted by atomic mass is 10.0. The van der Waals surface area contributed by atoms with E-state index in [4.69, 9.17) is 10.5 Å². The first kappa shape index (κ1) is 16.0. The minimum Gasteiger partial charge on any atom is -0.477 e. The van der Waals surface area contributed by atoms with E-state index < -0.39 is 24.2 Å². The summed E-state index contributed by atoms with van der Waals surface area (Å²) in [4.78, 5) is 24.3. The van der Waals surface area contributed by atoms with Crippen molar-refractivity contribution in [3.8, 4) is 0 Å². The fourth-order valence-electron chi connectivity index (χ4n) is 2.21. The highest BCUT2D eigenvalue weighted by atomic mass is 32.2. The van der Waals surface area contributed by atoms with E-state index in [0.717, 1.165) is 5.57 Å². The summed E-state index contributed by atoms with van der Waals surface area (Å²) in [5.74, 6) is -1.17. The molecule has 0 aromatic carbocycles. The van der Waals surface area contributed by atoms with E-state index in [1.165, 1.54) is 22.7 Å². The van der Waals surface area contributed by atoms with Crippen LogP contribution in [-0.4, -0.2) is 57.1 Å². The summed E-state index contributed by atoms with van der Waals surface area (Å²) in [6.45, 7) is 3.58. The third-order valence-corrected chi connectivity index (χ3v) is 4.56. The summed E-state index contributed by atoms with van der Waals surface area (Å²) in [6.07, 6.45) is 0.416. The first-order valence-electron chi connectivity index (χ1n) is 6.43. The maximum atomic E-state index is 11.7. The van der Waals surface area contributed by atoms with E-state index in [1.807, 2.05) is 13.8 Å². The number of carboxylic acids is 1. The van der Waals surface area contributed by atoms with E-state index in [9.17, 15) is 19.8 Å². The molecular formula is C13H18N2O5S. The lowest BCUT2D eigenvalue weighted by Gasteiger charge is -2.48. The van der Waals surface area contributed by atoms with Crippen molar-refractivity contribution in [1.29, 1.82) is 0 Å². The maximum absolute atomic E-state index is 11.7. The van der Waals surface area contributed by atoms with Gasteiger partial charge in [0.2, 0.25) is 5.91 Å². The second-order valence-corrected chi connectivity index (χ2v) is 6.24. The largest absolute Gasteiger partial charge is 0.477 e. The molecule has 4 N–H and O–H groups in total. The zero-order chi connectivity index (χ0) is 15.7. The lowest BCUT2D eigenvalue weighted by Crippen LogP contribution is -2.68. The van der Waals surface area contributed by atoms with Crippen molar-refractivity contribution in [3.63, 3.8) is 0 Å². The minimum absolute atomic E-state index is 0.0503. The second-order valence-electron chi connectivity index (χ2n) is 5.14. The summed E-state index contributed by atoms with van der Waals surface area (Å²) in [7, 11) is 0. The van der Waals surface area contributed by atoms with Crippen LogP contribution in [0.15, 0.2) is 22.9 Å². The average molecular weight is 314 g/mol. The Morgan fingerprint density at radius 1 is 1.62 bits per heavy atom. The molecule has 0 radical (unpaired) electrons. The van der Waals surface area contributed by atoms with E-state index >= 15 is 0 Å². The molecule has 1 fully saturated rings. The molecule has 3 atom stereocenters. The van der Waals surface area contributed by atoms with Gasteiger partial charge >= 0.3 is 5.97 Å². The summed E-state index contributed by atoms with van der Waals surface area (Å²) in [6, 6.07) is -0.650. The number of aliphatic hydroxyl groups is 1. The molecule has 21 heavy (non-hydrogen) atoms. The Labute approximate surface area is 126 Å². The number of aliphatic hydroxyl groups excluding tert-OH is 1. The van der Waals surface area contributed by atoms with Crippen molar-refractivity contribution in [2.45, 2.75) is 31.6 Å². The highest BCUT2D eigenvalue weighted by Gasteiger charge is 2.51. The quantitative estimate of drug-likeness (QED) is 0.368. The zero-order valence-electron chi connectivity index (χ0n) is 11.8. The van der Waals surface area contributed by atoms with Crippen LogP contribution < -0.4 is 5.73 Å². The predicted octanol–water partition coefficient (Wildman–Crippen LogP) is -0.131. The van der Waals surface area contributed by atoms with Crippen molar-refractivity contribution in [2.24, 2.45) is 5.73 Å². The number of rotatable bonds is 5. The van der Waals surface area contributed by atoms with Crippen molar-refractivity contribution in [1.82, 2.24) is 4.90 Å². The number of thioether (sulfide) groups is 1. The Bertz CT molecular complexity index is 527. The van der Waals surface area contributed by atoms with Crippen LogP contribution in [-0.2, 0) is 14.3 Å². The SMILES string of the molecule is CC(C)=CC(O)OCC1=C(C(=O)O)N2C(=O)[C@@H](N)[C@H]2SC1. The number of allylic oxidation sites excluding steroid dienone is 1. The second kappa shape index (κ2) is 6.18. The smallest absolute Gasteiger partial charge is 0.352 e. The van der Waals surface area contributed by atoms with Gasteiger partial charge in [-0.15, -0.1) is 11.8 Å². The van der Waals surface area contributed by atoms with Crippen LogP contribution in [0.1, 0.15) is 13.8 Å². The molecule has 0 spiro atoms. The molecule has 116 valence electrons. The maximum Gasteiger partial charge on any atom is 0.352 e. The molecule has 2 aliphatic heterocycles. The number of β-lactam (4-membered cyclic amide) rings is 1. The Morgan fingerprint density at radius 2 is 2.29 bits per heavy atom. The van der Waals surface area contributed by atoms with Gasteiger partial charge in [0.25, 0.3) is 0 Å². The van der Waals surface area contributed by atoms with Gasteiger partial charge in [-0.2, -0.15) is 0 Å². The van der Waals surface area contributed by atoms with E-state index in [-0.39, 0.29) is 17.7 Å². The van der Waals surface area contributed by atoms with E-state index in [1.54, 1.807) is 0 Å². The van der Waals surface area contributed by atoms with Crippen LogP contribution in [0.3, 0.4) is 0 Å². The van der Waals surface area contributed by atoms with Crippen molar-refractivity contribution in [2.75, 3.05) is 12.4 Å². The number of nitrogens with two attached hydrogens (primary N) is 1. The lowest BCUT2D eigenvalue weighted by molar-refractivity contribution is -0.148. The fourth-order valence-corrected chi connectivity index (χ4v) is 3.48. The van der Waals surface area contributed by atoms with Crippen LogP contribution in [0, 0.1) is 0 Å². The molecule has 0 bridgehead atoms. The van der Waals surface area contributed by atoms with Gasteiger partial charge in [0.1, 0.15) is 17.1 Å². The highest BCUT2D eigenvalue weighted by Crippen LogP contribution is 2.39. The van der Waals surface area contributed by atoms with Crippen molar-refractivity contribution >= 4 is 23.6 Å². The summed E-state index contributed by atoms with van der Waals surface area (Å²) in [5.41, 5.74) is 6.93. The number of carbonyl (C=O) groups excluding carboxylic acids is 1. The number of ether oxygens (including phenoxy) is 1. The number of carboxylic acid groups (broad SMARTS) is 1. The van der Waals surface area contributed by atoms with Crippen LogP contribution in [0.4, 0.5) is 0 Å². The summed E-state index contributed by atoms with van der Waals surface area (Å²) in [5, 5.41) is 18.6. The van der Waals surface area contributed by atoms with Crippen molar-refractivity contribution in [3.05, 3.63) is 22.9 Å². The number of aliphatic carboxylic acids is 1. The molecule has 1 unspecified atom stereocenters. The Balaban J connectivity index is 2.14. The first-order valence-corrected chi connectivity index (χ1v) is 7.48. The zero-order valence-corrected chi connectivity index (χ0v) is 12.6. The van der Waals surface area contributed by atoms with Crippen LogP contribution in [0.5, 0.6) is 0 Å². The topological polar surface area (TPSA) is 113 Å². The first-order chi connectivity index (χ1) is 9.82. The molecule has 2 rings (SSSR count). The fraction of sp³-hybridized carbons (Fsp3) is 0.538. The molecule has 7 nitrogen and oxygen atoms in total. The molecule has 0 aromatic rings. The molecule has 8 heteroatoms. The van der Waals surface area contributed by atoms with E-state index in [2.05, 4.69) is 0 Å². The molecule has 2 aliphatic rings. The highest BCUT2D eigenvalue weighted by molar-refractivity contribution is 8.00. The number of hydrogen-bond acceptors (Lipinski definition) is 6. The van der Waals surface area contributed by atoms with Gasteiger partial charge < -0.3 is 20.7 Å². The van der Waals surface area contributed by atoms with Gasteiger partial charge in [0.15, 0.2) is 6.29 Å². The van der Waals surface area contributed by atoms with Crippen LogP contribution >= 0.6 is 11.8 Å². The van der Waals surface area contributed by atoms with Gasteiger partial charge in [0.05, 0.1) is 6.61 Å². The number of hydrogen-bond donors (Lipinski definition) is 3. The monoisotopic (exact) mass is 314 g/mol. The van der Waals surface area contributed by atoms with Crippen molar-refractivity contribution < 1.29 is 24.5 Å². The van der Waals surface area contributed by atoms with Gasteiger partial charge in [-0.05, 0) is 25.5 Å². The normalized spacial score (nSPS) is 26.1. The predicted molar refractivity (Wildman–Crippen MR) is 77.1 cm³/mol. The van der Waals surface area contributed by atoms with Crippen LogP contribution in [0.2, 0.25) is 0 Å². The number of carbonyl (C=O) groups is 2. The Kier molecular flexibility index (Phi) is 4.72.